The summed E-state index contributed by atoms with van der Waals surface area (Å²) in [4.78, 5) is 0. The Labute approximate surface area is 63.2 Å². The summed E-state index contributed by atoms with van der Waals surface area (Å²) in [7, 11) is 0. The van der Waals surface area contributed by atoms with Crippen molar-refractivity contribution in [2.75, 3.05) is 13.1 Å². The molecule has 2 heteroatoms. The molecule has 0 aromatic carbocycles. The Bertz CT molecular complexity index is 106. The smallest absolute Gasteiger partial charge is 0.00684 e. The normalized spacial score (nSPS) is 19.5. The van der Waals surface area contributed by atoms with Gasteiger partial charge in [-0.1, -0.05) is 13.8 Å². The summed E-state index contributed by atoms with van der Waals surface area (Å²) < 4.78 is 0. The standard InChI is InChI=1S/C8H18N2/c1-8(2,5-9)6-10-7-3-4-7/h7,10H,3-6,9H2,1-2H3. The summed E-state index contributed by atoms with van der Waals surface area (Å²) in [6.45, 7) is 6.23. The lowest BCUT2D eigenvalue weighted by molar-refractivity contribution is 0.351. The summed E-state index contributed by atoms with van der Waals surface area (Å²) in [6.07, 6.45) is 2.72. The summed E-state index contributed by atoms with van der Waals surface area (Å²) in [5.41, 5.74) is 5.85. The van der Waals surface area contributed by atoms with Crippen LogP contribution in [0.5, 0.6) is 0 Å². The fourth-order valence-electron chi connectivity index (χ4n) is 0.780. The molecule has 0 aliphatic heterocycles. The predicted molar refractivity (Wildman–Crippen MR) is 43.9 cm³/mol. The van der Waals surface area contributed by atoms with E-state index in [4.69, 9.17) is 5.73 Å². The fraction of sp³-hybridized carbons (Fsp3) is 1.00. The molecular weight excluding hydrogens is 124 g/mol. The van der Waals surface area contributed by atoms with Gasteiger partial charge in [0.1, 0.15) is 0 Å². The number of rotatable bonds is 4. The van der Waals surface area contributed by atoms with E-state index in [2.05, 4.69) is 19.2 Å². The van der Waals surface area contributed by atoms with Crippen molar-refractivity contribution < 1.29 is 0 Å². The van der Waals surface area contributed by atoms with Gasteiger partial charge in [-0.25, -0.2) is 0 Å². The maximum absolute atomic E-state index is 5.57. The highest BCUT2D eigenvalue weighted by atomic mass is 15.0. The molecule has 3 N–H and O–H groups in total. The van der Waals surface area contributed by atoms with E-state index in [9.17, 15) is 0 Å². The molecule has 0 bridgehead atoms. The second-order valence-electron chi connectivity index (χ2n) is 4.02. The van der Waals surface area contributed by atoms with E-state index < -0.39 is 0 Å². The second kappa shape index (κ2) is 2.89. The largest absolute Gasteiger partial charge is 0.330 e. The zero-order valence-electron chi connectivity index (χ0n) is 6.98. The van der Waals surface area contributed by atoms with E-state index in [1.54, 1.807) is 0 Å². The Balaban J connectivity index is 2.09. The molecule has 1 rings (SSSR count). The van der Waals surface area contributed by atoms with Crippen molar-refractivity contribution >= 4 is 0 Å². The van der Waals surface area contributed by atoms with Crippen LogP contribution < -0.4 is 11.1 Å². The predicted octanol–water partition coefficient (Wildman–Crippen LogP) is 0.723. The van der Waals surface area contributed by atoms with Crippen molar-refractivity contribution in [2.45, 2.75) is 32.7 Å². The molecule has 0 unspecified atom stereocenters. The van der Waals surface area contributed by atoms with Crippen molar-refractivity contribution in [2.24, 2.45) is 11.1 Å². The van der Waals surface area contributed by atoms with Crippen molar-refractivity contribution in [3.63, 3.8) is 0 Å². The van der Waals surface area contributed by atoms with E-state index >= 15 is 0 Å². The summed E-state index contributed by atoms with van der Waals surface area (Å²) in [6, 6.07) is 0.811. The van der Waals surface area contributed by atoms with Gasteiger partial charge in [0.25, 0.3) is 0 Å². The minimum absolute atomic E-state index is 0.280. The lowest BCUT2D eigenvalue weighted by Gasteiger charge is -2.22. The Morgan fingerprint density at radius 3 is 2.50 bits per heavy atom. The van der Waals surface area contributed by atoms with Gasteiger partial charge in [0.2, 0.25) is 0 Å². The minimum atomic E-state index is 0.280. The Kier molecular flexibility index (Phi) is 2.32. The highest BCUT2D eigenvalue weighted by Gasteiger charge is 2.23. The van der Waals surface area contributed by atoms with Gasteiger partial charge in [0, 0.05) is 12.6 Å². The zero-order chi connectivity index (χ0) is 7.61. The monoisotopic (exact) mass is 142 g/mol. The topological polar surface area (TPSA) is 38.0 Å². The zero-order valence-corrected chi connectivity index (χ0v) is 6.98. The third kappa shape index (κ3) is 2.67. The fourth-order valence-corrected chi connectivity index (χ4v) is 0.780. The van der Waals surface area contributed by atoms with Gasteiger partial charge in [0.15, 0.2) is 0 Å². The Morgan fingerprint density at radius 2 is 2.10 bits per heavy atom. The van der Waals surface area contributed by atoms with Crippen molar-refractivity contribution in [1.82, 2.24) is 5.32 Å². The molecule has 1 aliphatic rings. The molecule has 0 radical (unpaired) electrons. The van der Waals surface area contributed by atoms with E-state index in [1.165, 1.54) is 12.8 Å². The van der Waals surface area contributed by atoms with Crippen molar-refractivity contribution in [1.29, 1.82) is 0 Å². The third-order valence-electron chi connectivity index (χ3n) is 2.00. The molecule has 0 saturated heterocycles. The van der Waals surface area contributed by atoms with Gasteiger partial charge in [0.05, 0.1) is 0 Å². The summed E-state index contributed by atoms with van der Waals surface area (Å²) >= 11 is 0. The van der Waals surface area contributed by atoms with Crippen molar-refractivity contribution in [3.05, 3.63) is 0 Å². The average molecular weight is 142 g/mol. The van der Waals surface area contributed by atoms with Gasteiger partial charge >= 0.3 is 0 Å². The maximum Gasteiger partial charge on any atom is 0.00684 e. The van der Waals surface area contributed by atoms with Crippen LogP contribution in [0.4, 0.5) is 0 Å². The molecule has 0 spiro atoms. The Morgan fingerprint density at radius 1 is 1.50 bits per heavy atom. The molecule has 1 aliphatic carbocycles. The number of hydrogen-bond acceptors (Lipinski definition) is 2. The molecular formula is C8H18N2. The van der Waals surface area contributed by atoms with E-state index in [1.807, 2.05) is 0 Å². The minimum Gasteiger partial charge on any atom is -0.330 e. The van der Waals surface area contributed by atoms with Gasteiger partial charge in [-0.3, -0.25) is 0 Å². The molecule has 1 fully saturated rings. The average Bonchev–Trinajstić information content (AvgIpc) is 2.66. The quantitative estimate of drug-likeness (QED) is 0.607. The van der Waals surface area contributed by atoms with Gasteiger partial charge < -0.3 is 11.1 Å². The third-order valence-corrected chi connectivity index (χ3v) is 2.00. The highest BCUT2D eigenvalue weighted by Crippen LogP contribution is 2.20. The van der Waals surface area contributed by atoms with Gasteiger partial charge in [-0.15, -0.1) is 0 Å². The number of nitrogens with two attached hydrogens (primary N) is 1. The van der Waals surface area contributed by atoms with E-state index in [0.29, 0.717) is 0 Å². The number of hydrogen-bond donors (Lipinski definition) is 2. The van der Waals surface area contributed by atoms with Crippen LogP contribution in [0.2, 0.25) is 0 Å². The van der Waals surface area contributed by atoms with Crippen molar-refractivity contribution in [3.8, 4) is 0 Å². The van der Waals surface area contributed by atoms with Crippen LogP contribution in [0.25, 0.3) is 0 Å². The first-order valence-electron chi connectivity index (χ1n) is 4.07. The van der Waals surface area contributed by atoms with Crippen LogP contribution in [0.3, 0.4) is 0 Å². The summed E-state index contributed by atoms with van der Waals surface area (Å²) in [5.74, 6) is 0. The second-order valence-corrected chi connectivity index (χ2v) is 4.02. The molecule has 0 amide bonds. The van der Waals surface area contributed by atoms with Crippen LogP contribution in [0.1, 0.15) is 26.7 Å². The molecule has 0 atom stereocenters. The van der Waals surface area contributed by atoms with E-state index in [-0.39, 0.29) is 5.41 Å². The molecule has 10 heavy (non-hydrogen) atoms. The molecule has 0 heterocycles. The first kappa shape index (κ1) is 8.02. The van der Waals surface area contributed by atoms with E-state index in [0.717, 1.165) is 19.1 Å². The first-order chi connectivity index (χ1) is 4.64. The maximum atomic E-state index is 5.57. The van der Waals surface area contributed by atoms with Crippen LogP contribution in [-0.4, -0.2) is 19.1 Å². The first-order valence-corrected chi connectivity index (χ1v) is 4.07. The highest BCUT2D eigenvalue weighted by molar-refractivity contribution is 4.84. The van der Waals surface area contributed by atoms with Gasteiger partial charge in [-0.2, -0.15) is 0 Å². The molecule has 2 nitrogen and oxygen atoms in total. The van der Waals surface area contributed by atoms with Crippen LogP contribution >= 0.6 is 0 Å². The van der Waals surface area contributed by atoms with Crippen LogP contribution in [-0.2, 0) is 0 Å². The SMILES string of the molecule is CC(C)(CN)CNC1CC1. The number of nitrogens with one attached hydrogen (secondary N) is 1. The van der Waals surface area contributed by atoms with Crippen LogP contribution in [0, 0.1) is 5.41 Å². The van der Waals surface area contributed by atoms with Gasteiger partial charge in [-0.05, 0) is 24.8 Å². The van der Waals surface area contributed by atoms with Crippen LogP contribution in [0.15, 0.2) is 0 Å². The molecule has 0 aromatic heterocycles. The molecule has 60 valence electrons. The molecule has 1 saturated carbocycles. The lowest BCUT2D eigenvalue weighted by Crippen LogP contribution is -2.36. The lowest BCUT2D eigenvalue weighted by atomic mass is 9.94. The molecule has 0 aromatic rings. The Hall–Kier alpha value is -0.0800. The summed E-state index contributed by atoms with van der Waals surface area (Å²) in [5, 5.41) is 3.47.